The van der Waals surface area contributed by atoms with E-state index in [2.05, 4.69) is 27.8 Å². The normalized spacial score (nSPS) is 15.9. The summed E-state index contributed by atoms with van der Waals surface area (Å²) in [5.41, 5.74) is 1.27. The first-order chi connectivity index (χ1) is 15.1. The highest BCUT2D eigenvalue weighted by molar-refractivity contribution is 14.0. The predicted molar refractivity (Wildman–Crippen MR) is 139 cm³/mol. The maximum atomic E-state index is 12.3. The largest absolute Gasteiger partial charge is 0.466 e. The molecule has 1 unspecified atom stereocenters. The van der Waals surface area contributed by atoms with Crippen molar-refractivity contribution in [1.82, 2.24) is 15.5 Å². The molecule has 0 radical (unpaired) electrons. The first kappa shape index (κ1) is 28.2. The zero-order valence-electron chi connectivity index (χ0n) is 19.5. The summed E-state index contributed by atoms with van der Waals surface area (Å²) in [6.45, 7) is 5.45. The second-order valence-electron chi connectivity index (χ2n) is 7.99. The maximum absolute atomic E-state index is 12.3. The lowest BCUT2D eigenvalue weighted by molar-refractivity contribution is -0.143. The van der Waals surface area contributed by atoms with Crippen molar-refractivity contribution in [3.8, 4) is 0 Å². The van der Waals surface area contributed by atoms with Gasteiger partial charge < -0.3 is 20.3 Å². The third-order valence-corrected chi connectivity index (χ3v) is 5.50. The number of rotatable bonds is 13. The molecule has 1 aromatic rings. The molecule has 0 aromatic heterocycles. The van der Waals surface area contributed by atoms with Crippen molar-refractivity contribution < 1.29 is 14.3 Å². The molecule has 0 spiro atoms. The van der Waals surface area contributed by atoms with Gasteiger partial charge in [0.25, 0.3) is 0 Å². The first-order valence-corrected chi connectivity index (χ1v) is 11.5. The van der Waals surface area contributed by atoms with Crippen molar-refractivity contribution in [2.75, 3.05) is 39.8 Å². The molecule has 1 atom stereocenters. The predicted octanol–water partition coefficient (Wildman–Crippen LogP) is 3.37. The van der Waals surface area contributed by atoms with E-state index in [1.54, 1.807) is 7.05 Å². The van der Waals surface area contributed by atoms with E-state index in [1.165, 1.54) is 5.56 Å². The number of likely N-dealkylation sites (tertiary alicyclic amines) is 1. The van der Waals surface area contributed by atoms with Crippen molar-refractivity contribution in [2.24, 2.45) is 10.9 Å². The number of aliphatic imine (C=N–C) groups is 1. The summed E-state index contributed by atoms with van der Waals surface area (Å²) in [6.07, 6.45) is 6.00. The van der Waals surface area contributed by atoms with Gasteiger partial charge in [0.2, 0.25) is 5.91 Å². The van der Waals surface area contributed by atoms with E-state index in [1.807, 2.05) is 30.0 Å². The Hall–Kier alpha value is -1.84. The van der Waals surface area contributed by atoms with Crippen LogP contribution in [-0.4, -0.2) is 62.6 Å². The van der Waals surface area contributed by atoms with Crippen molar-refractivity contribution in [3.63, 3.8) is 0 Å². The second kappa shape index (κ2) is 16.7. The number of unbranched alkanes of at least 4 members (excludes halogenated alkanes) is 3. The average Bonchev–Trinajstić information content (AvgIpc) is 3.14. The number of hydrogen-bond donors (Lipinski definition) is 2. The van der Waals surface area contributed by atoms with Gasteiger partial charge in [0, 0.05) is 52.0 Å². The molecule has 2 N–H and O–H groups in total. The minimum absolute atomic E-state index is 0. The summed E-state index contributed by atoms with van der Waals surface area (Å²) in [5, 5.41) is 6.69. The summed E-state index contributed by atoms with van der Waals surface area (Å²) in [4.78, 5) is 29.9. The van der Waals surface area contributed by atoms with E-state index in [0.29, 0.717) is 25.4 Å². The molecule has 1 amide bonds. The Balaban J connectivity index is 0.00000512. The molecular weight excluding hydrogens is 519 g/mol. The van der Waals surface area contributed by atoms with E-state index in [-0.39, 0.29) is 35.9 Å². The van der Waals surface area contributed by atoms with Crippen LogP contribution in [0.2, 0.25) is 0 Å². The topological polar surface area (TPSA) is 83.0 Å². The number of benzene rings is 1. The van der Waals surface area contributed by atoms with E-state index in [4.69, 9.17) is 4.74 Å². The molecule has 32 heavy (non-hydrogen) atoms. The molecule has 180 valence electrons. The van der Waals surface area contributed by atoms with Gasteiger partial charge in [-0.3, -0.25) is 14.6 Å². The van der Waals surface area contributed by atoms with E-state index < -0.39 is 0 Å². The Morgan fingerprint density at radius 2 is 1.91 bits per heavy atom. The van der Waals surface area contributed by atoms with E-state index >= 15 is 0 Å². The van der Waals surface area contributed by atoms with Crippen LogP contribution in [0.25, 0.3) is 0 Å². The van der Waals surface area contributed by atoms with Crippen LogP contribution in [0.5, 0.6) is 0 Å². The second-order valence-corrected chi connectivity index (χ2v) is 7.99. The summed E-state index contributed by atoms with van der Waals surface area (Å²) >= 11 is 0. The van der Waals surface area contributed by atoms with Crippen LogP contribution < -0.4 is 10.6 Å². The molecule has 8 heteroatoms. The van der Waals surface area contributed by atoms with Gasteiger partial charge >= 0.3 is 5.97 Å². The Kier molecular flexibility index (Phi) is 14.8. The summed E-state index contributed by atoms with van der Waals surface area (Å²) in [6, 6.07) is 10.3. The number of halogens is 1. The molecule has 1 heterocycles. The molecular formula is C24H39IN4O3. The lowest BCUT2D eigenvalue weighted by atomic mass is 10.1. The van der Waals surface area contributed by atoms with E-state index in [0.717, 1.165) is 64.2 Å². The van der Waals surface area contributed by atoms with Gasteiger partial charge in [-0.2, -0.15) is 0 Å². The summed E-state index contributed by atoms with van der Waals surface area (Å²) < 4.78 is 4.93. The number of carbonyl (C=O) groups excluding carboxylic acids is 2. The Bertz CT molecular complexity index is 700. The number of carbonyl (C=O) groups is 2. The fourth-order valence-corrected chi connectivity index (χ4v) is 3.76. The molecule has 1 aliphatic heterocycles. The van der Waals surface area contributed by atoms with Crippen molar-refractivity contribution >= 4 is 41.8 Å². The van der Waals surface area contributed by atoms with Gasteiger partial charge in [-0.25, -0.2) is 0 Å². The molecule has 7 nitrogen and oxygen atoms in total. The fourth-order valence-electron chi connectivity index (χ4n) is 3.76. The standard InChI is InChI=1S/C24H38N4O3.HI/c1-3-31-23(30)13-9-4-5-10-15-26-24(25-2)27-18-21-17-22(29)28(19-21)16-14-20-11-7-6-8-12-20;/h6-8,11-12,21H,3-5,9-10,13-19H2,1-2H3,(H2,25,26,27);1H. The van der Waals surface area contributed by atoms with Crippen LogP contribution >= 0.6 is 24.0 Å². The van der Waals surface area contributed by atoms with Crippen molar-refractivity contribution in [3.05, 3.63) is 35.9 Å². The molecule has 0 aliphatic carbocycles. The minimum atomic E-state index is -0.103. The highest BCUT2D eigenvalue weighted by Gasteiger charge is 2.29. The Morgan fingerprint density at radius 3 is 2.62 bits per heavy atom. The van der Waals surface area contributed by atoms with Gasteiger partial charge in [-0.15, -0.1) is 24.0 Å². The first-order valence-electron chi connectivity index (χ1n) is 11.5. The van der Waals surface area contributed by atoms with Gasteiger partial charge in [-0.1, -0.05) is 43.2 Å². The number of amides is 1. The van der Waals surface area contributed by atoms with Crippen LogP contribution in [0.1, 0.15) is 51.0 Å². The number of nitrogens with zero attached hydrogens (tertiary/aromatic N) is 2. The zero-order valence-corrected chi connectivity index (χ0v) is 21.8. The molecule has 0 saturated carbocycles. The monoisotopic (exact) mass is 558 g/mol. The van der Waals surface area contributed by atoms with Gasteiger partial charge in [-0.05, 0) is 31.7 Å². The molecule has 1 fully saturated rings. The molecule has 1 aliphatic rings. The number of ether oxygens (including phenoxy) is 1. The third-order valence-electron chi connectivity index (χ3n) is 5.50. The summed E-state index contributed by atoms with van der Waals surface area (Å²) in [7, 11) is 1.76. The van der Waals surface area contributed by atoms with Crippen molar-refractivity contribution in [2.45, 2.75) is 51.9 Å². The number of nitrogens with one attached hydrogen (secondary N) is 2. The van der Waals surface area contributed by atoms with Crippen LogP contribution in [0.15, 0.2) is 35.3 Å². The smallest absolute Gasteiger partial charge is 0.305 e. The van der Waals surface area contributed by atoms with Crippen molar-refractivity contribution in [1.29, 1.82) is 0 Å². The molecule has 2 rings (SSSR count). The number of guanidine groups is 1. The SMILES string of the molecule is CCOC(=O)CCCCCCNC(=NC)NCC1CC(=O)N(CCc2ccccc2)C1.I. The van der Waals surface area contributed by atoms with E-state index in [9.17, 15) is 9.59 Å². The van der Waals surface area contributed by atoms with Gasteiger partial charge in [0.05, 0.1) is 6.61 Å². The lowest BCUT2D eigenvalue weighted by Gasteiger charge is -2.18. The third kappa shape index (κ3) is 11.2. The maximum Gasteiger partial charge on any atom is 0.305 e. The highest BCUT2D eigenvalue weighted by Crippen LogP contribution is 2.17. The fraction of sp³-hybridized carbons (Fsp3) is 0.625. The highest BCUT2D eigenvalue weighted by atomic mass is 127. The average molecular weight is 559 g/mol. The molecule has 1 saturated heterocycles. The van der Waals surface area contributed by atoms with Crippen LogP contribution in [0.4, 0.5) is 0 Å². The number of esters is 1. The quantitative estimate of drug-likeness (QED) is 0.128. The molecule has 0 bridgehead atoms. The molecule has 1 aromatic carbocycles. The van der Waals surface area contributed by atoms with Crippen LogP contribution in [-0.2, 0) is 20.7 Å². The zero-order chi connectivity index (χ0) is 22.3. The van der Waals surface area contributed by atoms with Crippen LogP contribution in [0, 0.1) is 5.92 Å². The Morgan fingerprint density at radius 1 is 1.16 bits per heavy atom. The Labute approximate surface area is 209 Å². The lowest BCUT2D eigenvalue weighted by Crippen LogP contribution is -2.40. The summed E-state index contributed by atoms with van der Waals surface area (Å²) in [5.74, 6) is 1.23. The minimum Gasteiger partial charge on any atom is -0.466 e. The van der Waals surface area contributed by atoms with Gasteiger partial charge in [0.1, 0.15) is 0 Å². The van der Waals surface area contributed by atoms with Gasteiger partial charge in [0.15, 0.2) is 5.96 Å². The number of hydrogen-bond acceptors (Lipinski definition) is 4. The van der Waals surface area contributed by atoms with Crippen LogP contribution in [0.3, 0.4) is 0 Å².